The lowest BCUT2D eigenvalue weighted by atomic mass is 9.96. The molecule has 1 heterocycles. The van der Waals surface area contributed by atoms with Gasteiger partial charge in [-0.1, -0.05) is 17.2 Å². The summed E-state index contributed by atoms with van der Waals surface area (Å²) in [6, 6.07) is 14.2. The molecule has 0 bridgehead atoms. The van der Waals surface area contributed by atoms with Gasteiger partial charge < -0.3 is 14.5 Å². The Kier molecular flexibility index (Phi) is 5.64. The number of rotatable bonds is 6. The van der Waals surface area contributed by atoms with Gasteiger partial charge in [-0.3, -0.25) is 4.79 Å². The van der Waals surface area contributed by atoms with E-state index in [9.17, 15) is 9.59 Å². The second kappa shape index (κ2) is 8.13. The molecule has 0 aliphatic rings. The number of carbonyl (C=O) groups is 2. The van der Waals surface area contributed by atoms with Crippen LogP contribution in [0.15, 0.2) is 59.2 Å². The Bertz CT molecular complexity index is 985. The van der Waals surface area contributed by atoms with Crippen molar-refractivity contribution in [1.82, 2.24) is 0 Å². The molecule has 28 heavy (non-hydrogen) atoms. The van der Waals surface area contributed by atoms with Crippen LogP contribution in [0.1, 0.15) is 34.0 Å². The lowest BCUT2D eigenvalue weighted by Gasteiger charge is -2.17. The number of hydrogen-bond acceptors (Lipinski definition) is 5. The molecule has 0 aliphatic heterocycles. The fraction of sp³-hybridized carbons (Fsp3) is 0.217. The predicted molar refractivity (Wildman–Crippen MR) is 109 cm³/mol. The number of ketones is 1. The Hall–Kier alpha value is -3.34. The van der Waals surface area contributed by atoms with Gasteiger partial charge in [-0.15, -0.1) is 0 Å². The molecule has 1 aromatic heterocycles. The average Bonchev–Trinajstić information content (AvgIpc) is 3.21. The van der Waals surface area contributed by atoms with Gasteiger partial charge in [0.15, 0.2) is 5.78 Å². The number of nitrogens with one attached hydrogen (secondary N) is 1. The summed E-state index contributed by atoms with van der Waals surface area (Å²) < 4.78 is 10.3. The zero-order valence-electron chi connectivity index (χ0n) is 16.4. The molecule has 0 amide bonds. The van der Waals surface area contributed by atoms with E-state index in [1.165, 1.54) is 7.11 Å². The summed E-state index contributed by atoms with van der Waals surface area (Å²) in [7, 11) is 1.34. The van der Waals surface area contributed by atoms with E-state index in [1.54, 1.807) is 31.4 Å². The zero-order valence-corrected chi connectivity index (χ0v) is 16.4. The van der Waals surface area contributed by atoms with Crippen molar-refractivity contribution >= 4 is 17.4 Å². The molecule has 2 aromatic carbocycles. The maximum Gasteiger partial charge on any atom is 0.327 e. The summed E-state index contributed by atoms with van der Waals surface area (Å²) in [5.41, 5.74) is 4.45. The van der Waals surface area contributed by atoms with Crippen molar-refractivity contribution in [2.24, 2.45) is 0 Å². The number of anilines is 1. The maximum atomic E-state index is 13.3. The van der Waals surface area contributed by atoms with E-state index >= 15 is 0 Å². The van der Waals surface area contributed by atoms with Crippen molar-refractivity contribution in [2.75, 3.05) is 12.4 Å². The molecule has 0 radical (unpaired) electrons. The molecule has 144 valence electrons. The van der Waals surface area contributed by atoms with E-state index in [4.69, 9.17) is 9.15 Å². The average molecular weight is 377 g/mol. The van der Waals surface area contributed by atoms with Crippen LogP contribution in [0.25, 0.3) is 11.3 Å². The van der Waals surface area contributed by atoms with Gasteiger partial charge in [0.2, 0.25) is 0 Å². The van der Waals surface area contributed by atoms with Gasteiger partial charge in [0.25, 0.3) is 0 Å². The van der Waals surface area contributed by atoms with Gasteiger partial charge >= 0.3 is 5.97 Å². The Balaban J connectivity index is 2.07. The topological polar surface area (TPSA) is 68.5 Å². The number of carbonyl (C=O) groups excluding carboxylic acids is 2. The standard InChI is InChI=1S/C23H23NO4/c1-14-10-15(2)12-18(11-14)22(25)19-13-17(21-6-5-9-28-21)7-8-20(19)24-16(3)23(26)27-4/h5-13,16,24H,1-4H3/t16-/m0/s1. The molecule has 3 rings (SSSR count). The number of benzene rings is 2. The fourth-order valence-electron chi connectivity index (χ4n) is 3.18. The summed E-state index contributed by atoms with van der Waals surface area (Å²) in [6.07, 6.45) is 1.59. The summed E-state index contributed by atoms with van der Waals surface area (Å²) in [5.74, 6) is 0.140. The molecule has 0 unspecified atom stereocenters. The van der Waals surface area contributed by atoms with Crippen molar-refractivity contribution in [3.05, 3.63) is 77.0 Å². The molecule has 0 fully saturated rings. The number of furan rings is 1. The number of aryl methyl sites for hydroxylation is 2. The molecule has 0 aliphatic carbocycles. The third kappa shape index (κ3) is 4.14. The monoisotopic (exact) mass is 377 g/mol. The Morgan fingerprint density at radius 2 is 1.75 bits per heavy atom. The zero-order chi connectivity index (χ0) is 20.3. The minimum absolute atomic E-state index is 0.125. The highest BCUT2D eigenvalue weighted by atomic mass is 16.5. The van der Waals surface area contributed by atoms with Crippen molar-refractivity contribution in [3.63, 3.8) is 0 Å². The fourth-order valence-corrected chi connectivity index (χ4v) is 3.18. The lowest BCUT2D eigenvalue weighted by molar-refractivity contribution is -0.141. The number of ether oxygens (including phenoxy) is 1. The summed E-state index contributed by atoms with van der Waals surface area (Å²) in [6.45, 7) is 5.61. The van der Waals surface area contributed by atoms with Crippen molar-refractivity contribution < 1.29 is 18.7 Å². The Morgan fingerprint density at radius 3 is 2.36 bits per heavy atom. The Morgan fingerprint density at radius 1 is 1.04 bits per heavy atom. The van der Waals surface area contributed by atoms with Crippen molar-refractivity contribution in [1.29, 1.82) is 0 Å². The lowest BCUT2D eigenvalue weighted by Crippen LogP contribution is -2.28. The van der Waals surface area contributed by atoms with Crippen LogP contribution in [-0.4, -0.2) is 24.9 Å². The van der Waals surface area contributed by atoms with E-state index < -0.39 is 12.0 Å². The van der Waals surface area contributed by atoms with Crippen LogP contribution >= 0.6 is 0 Å². The van der Waals surface area contributed by atoms with Gasteiger partial charge in [-0.2, -0.15) is 0 Å². The molecule has 1 atom stereocenters. The smallest absolute Gasteiger partial charge is 0.327 e. The summed E-state index contributed by atoms with van der Waals surface area (Å²) in [5, 5.41) is 3.09. The predicted octanol–water partition coefficient (Wildman–Crippen LogP) is 4.77. The highest BCUT2D eigenvalue weighted by Crippen LogP contribution is 2.28. The highest BCUT2D eigenvalue weighted by Gasteiger charge is 2.20. The van der Waals surface area contributed by atoms with Crippen LogP contribution in [-0.2, 0) is 9.53 Å². The quantitative estimate of drug-likeness (QED) is 0.495. The van der Waals surface area contributed by atoms with Crippen LogP contribution < -0.4 is 5.32 Å². The molecule has 5 nitrogen and oxygen atoms in total. The van der Waals surface area contributed by atoms with Crippen molar-refractivity contribution in [2.45, 2.75) is 26.8 Å². The molecule has 3 aromatic rings. The van der Waals surface area contributed by atoms with Gasteiger partial charge in [-0.25, -0.2) is 4.79 Å². The van der Waals surface area contributed by atoms with Crippen LogP contribution in [0.2, 0.25) is 0 Å². The van der Waals surface area contributed by atoms with E-state index in [-0.39, 0.29) is 5.78 Å². The van der Waals surface area contributed by atoms with Crippen molar-refractivity contribution in [3.8, 4) is 11.3 Å². The van der Waals surface area contributed by atoms with Crippen LogP contribution in [0, 0.1) is 13.8 Å². The first-order chi connectivity index (χ1) is 13.4. The molecule has 0 spiro atoms. The number of esters is 1. The van der Waals surface area contributed by atoms with Gasteiger partial charge in [0, 0.05) is 22.4 Å². The normalized spacial score (nSPS) is 11.7. The molecular weight excluding hydrogens is 354 g/mol. The molecule has 5 heteroatoms. The van der Waals surface area contributed by atoms with Crippen LogP contribution in [0.4, 0.5) is 5.69 Å². The van der Waals surface area contributed by atoms with Gasteiger partial charge in [-0.05, 0) is 63.2 Å². The third-order valence-corrected chi connectivity index (χ3v) is 4.48. The van der Waals surface area contributed by atoms with Crippen LogP contribution in [0.5, 0.6) is 0 Å². The van der Waals surface area contributed by atoms with Crippen LogP contribution in [0.3, 0.4) is 0 Å². The summed E-state index contributed by atoms with van der Waals surface area (Å²) in [4.78, 5) is 25.2. The van der Waals surface area contributed by atoms with E-state index in [0.29, 0.717) is 22.6 Å². The molecule has 0 saturated heterocycles. The maximum absolute atomic E-state index is 13.3. The molecule has 0 saturated carbocycles. The number of hydrogen-bond donors (Lipinski definition) is 1. The molecule has 1 N–H and O–H groups in total. The third-order valence-electron chi connectivity index (χ3n) is 4.48. The van der Waals surface area contributed by atoms with E-state index in [1.807, 2.05) is 44.2 Å². The largest absolute Gasteiger partial charge is 0.467 e. The minimum atomic E-state index is -0.592. The first kappa shape index (κ1) is 19.4. The summed E-state index contributed by atoms with van der Waals surface area (Å²) >= 11 is 0. The first-order valence-corrected chi connectivity index (χ1v) is 9.04. The van der Waals surface area contributed by atoms with Gasteiger partial charge in [0.1, 0.15) is 11.8 Å². The minimum Gasteiger partial charge on any atom is -0.467 e. The highest BCUT2D eigenvalue weighted by molar-refractivity contribution is 6.13. The number of methoxy groups -OCH3 is 1. The second-order valence-electron chi connectivity index (χ2n) is 6.83. The molecular formula is C23H23NO4. The second-order valence-corrected chi connectivity index (χ2v) is 6.83. The first-order valence-electron chi connectivity index (χ1n) is 9.04. The van der Waals surface area contributed by atoms with E-state index in [2.05, 4.69) is 5.32 Å². The van der Waals surface area contributed by atoms with E-state index in [0.717, 1.165) is 16.7 Å². The van der Waals surface area contributed by atoms with Gasteiger partial charge in [0.05, 0.1) is 13.4 Å². The Labute approximate surface area is 164 Å². The SMILES string of the molecule is COC(=O)[C@H](C)Nc1ccc(-c2ccco2)cc1C(=O)c1cc(C)cc(C)c1.